The second-order valence-corrected chi connectivity index (χ2v) is 5.49. The Labute approximate surface area is 140 Å². The number of urea groups is 1. The number of hydrogen-bond donors (Lipinski definition) is 3. The van der Waals surface area contributed by atoms with Gasteiger partial charge < -0.3 is 25.6 Å². The average molecular weight is 334 g/mol. The van der Waals surface area contributed by atoms with Gasteiger partial charge in [0.1, 0.15) is 5.75 Å². The van der Waals surface area contributed by atoms with Crippen LogP contribution in [0, 0.1) is 0 Å². The van der Waals surface area contributed by atoms with Crippen molar-refractivity contribution in [3.8, 4) is 5.75 Å². The minimum atomic E-state index is -0.356. The van der Waals surface area contributed by atoms with Crippen molar-refractivity contribution >= 4 is 23.5 Å². The maximum atomic E-state index is 12.2. The maximum Gasteiger partial charge on any atom is 0.315 e. The van der Waals surface area contributed by atoms with Gasteiger partial charge in [0, 0.05) is 44.7 Å². The van der Waals surface area contributed by atoms with Crippen molar-refractivity contribution in [1.29, 1.82) is 0 Å². The van der Waals surface area contributed by atoms with Crippen LogP contribution in [0.4, 0.5) is 10.5 Å². The molecule has 0 bridgehead atoms. The third-order valence-corrected chi connectivity index (χ3v) is 3.61. The number of methoxy groups -OCH3 is 1. The SMILES string of the molecule is COc1cccc(N2C[C@@H](NC(=O)NCCNC(C)=O)CC2=O)c1. The van der Waals surface area contributed by atoms with Crippen molar-refractivity contribution in [3.05, 3.63) is 24.3 Å². The number of carbonyl (C=O) groups is 3. The Morgan fingerprint density at radius 3 is 2.75 bits per heavy atom. The minimum absolute atomic E-state index is 0.0493. The Kier molecular flexibility index (Phi) is 6.00. The molecule has 1 atom stereocenters. The largest absolute Gasteiger partial charge is 0.497 e. The Hall–Kier alpha value is -2.77. The third-order valence-electron chi connectivity index (χ3n) is 3.61. The molecule has 1 aromatic rings. The van der Waals surface area contributed by atoms with Gasteiger partial charge in [0.15, 0.2) is 0 Å². The van der Waals surface area contributed by atoms with E-state index in [1.807, 2.05) is 18.2 Å². The molecule has 0 aliphatic carbocycles. The molecule has 1 aliphatic rings. The summed E-state index contributed by atoms with van der Waals surface area (Å²) in [5, 5.41) is 7.99. The summed E-state index contributed by atoms with van der Waals surface area (Å²) >= 11 is 0. The van der Waals surface area contributed by atoms with E-state index in [0.717, 1.165) is 5.69 Å². The summed E-state index contributed by atoms with van der Waals surface area (Å²) in [6.07, 6.45) is 0.246. The fourth-order valence-corrected chi connectivity index (χ4v) is 2.48. The van der Waals surface area contributed by atoms with E-state index in [-0.39, 0.29) is 30.3 Å². The average Bonchev–Trinajstić information content (AvgIpc) is 2.91. The van der Waals surface area contributed by atoms with E-state index < -0.39 is 0 Å². The monoisotopic (exact) mass is 334 g/mol. The Balaban J connectivity index is 1.83. The highest BCUT2D eigenvalue weighted by atomic mass is 16.5. The van der Waals surface area contributed by atoms with Crippen LogP contribution < -0.4 is 25.6 Å². The first-order valence-electron chi connectivity index (χ1n) is 7.73. The van der Waals surface area contributed by atoms with Crippen molar-refractivity contribution < 1.29 is 19.1 Å². The molecule has 0 radical (unpaired) electrons. The van der Waals surface area contributed by atoms with Crippen LogP contribution in [0.25, 0.3) is 0 Å². The summed E-state index contributed by atoms with van der Waals surface area (Å²) in [5.41, 5.74) is 0.745. The lowest BCUT2D eigenvalue weighted by Gasteiger charge is -2.18. The highest BCUT2D eigenvalue weighted by Crippen LogP contribution is 2.25. The van der Waals surface area contributed by atoms with Gasteiger partial charge in [0.05, 0.1) is 13.2 Å². The van der Waals surface area contributed by atoms with Gasteiger partial charge in [-0.2, -0.15) is 0 Å². The summed E-state index contributed by atoms with van der Waals surface area (Å²) in [4.78, 5) is 36.3. The van der Waals surface area contributed by atoms with E-state index in [0.29, 0.717) is 25.4 Å². The van der Waals surface area contributed by atoms with Gasteiger partial charge in [-0.25, -0.2) is 4.79 Å². The smallest absolute Gasteiger partial charge is 0.315 e. The number of amides is 4. The summed E-state index contributed by atoms with van der Waals surface area (Å²) in [6, 6.07) is 6.62. The number of anilines is 1. The lowest BCUT2D eigenvalue weighted by molar-refractivity contribution is -0.119. The molecule has 3 N–H and O–H groups in total. The van der Waals surface area contributed by atoms with Crippen molar-refractivity contribution in [1.82, 2.24) is 16.0 Å². The van der Waals surface area contributed by atoms with Crippen LogP contribution in [0.15, 0.2) is 24.3 Å². The molecule has 4 amide bonds. The fraction of sp³-hybridized carbons (Fsp3) is 0.438. The number of rotatable bonds is 6. The number of hydrogen-bond acceptors (Lipinski definition) is 4. The molecule has 8 heteroatoms. The maximum absolute atomic E-state index is 12.2. The molecule has 130 valence electrons. The van der Waals surface area contributed by atoms with Crippen LogP contribution >= 0.6 is 0 Å². The number of benzene rings is 1. The second-order valence-electron chi connectivity index (χ2n) is 5.49. The van der Waals surface area contributed by atoms with Crippen LogP contribution in [0.2, 0.25) is 0 Å². The minimum Gasteiger partial charge on any atom is -0.497 e. The molecule has 1 saturated heterocycles. The molecule has 1 fully saturated rings. The molecule has 1 aromatic carbocycles. The molecule has 1 heterocycles. The van der Waals surface area contributed by atoms with Crippen molar-refractivity contribution in [2.24, 2.45) is 0 Å². The summed E-state index contributed by atoms with van der Waals surface area (Å²) < 4.78 is 5.17. The highest BCUT2D eigenvalue weighted by Gasteiger charge is 2.31. The standard InChI is InChI=1S/C16H22N4O4/c1-11(21)17-6-7-18-16(23)19-12-8-15(22)20(10-12)13-4-3-5-14(9-13)24-2/h3-5,9,12H,6-8,10H2,1-2H3,(H,17,21)(H2,18,19,23)/t12-/m0/s1. The number of carbonyl (C=O) groups excluding carboxylic acids is 3. The van der Waals surface area contributed by atoms with Crippen molar-refractivity contribution in [3.63, 3.8) is 0 Å². The van der Waals surface area contributed by atoms with Gasteiger partial charge in [-0.15, -0.1) is 0 Å². The molecule has 24 heavy (non-hydrogen) atoms. The van der Waals surface area contributed by atoms with Crippen LogP contribution in [0.3, 0.4) is 0 Å². The van der Waals surface area contributed by atoms with E-state index in [4.69, 9.17) is 4.74 Å². The molecule has 1 aliphatic heterocycles. The first-order valence-corrected chi connectivity index (χ1v) is 7.73. The summed E-state index contributed by atoms with van der Waals surface area (Å²) in [6.45, 7) is 2.51. The first kappa shape index (κ1) is 17.6. The van der Waals surface area contributed by atoms with Crippen LogP contribution in [0.5, 0.6) is 5.75 Å². The lowest BCUT2D eigenvalue weighted by atomic mass is 10.2. The van der Waals surface area contributed by atoms with Gasteiger partial charge in [-0.1, -0.05) is 6.07 Å². The van der Waals surface area contributed by atoms with Crippen molar-refractivity contribution in [2.45, 2.75) is 19.4 Å². The first-order chi connectivity index (χ1) is 11.5. The second kappa shape index (κ2) is 8.19. The highest BCUT2D eigenvalue weighted by molar-refractivity contribution is 5.97. The van der Waals surface area contributed by atoms with E-state index in [2.05, 4.69) is 16.0 Å². The zero-order chi connectivity index (χ0) is 17.5. The van der Waals surface area contributed by atoms with Gasteiger partial charge in [-0.05, 0) is 12.1 Å². The third kappa shape index (κ3) is 4.87. The molecule has 0 aromatic heterocycles. The van der Waals surface area contributed by atoms with Crippen LogP contribution in [-0.2, 0) is 9.59 Å². The number of ether oxygens (including phenoxy) is 1. The molecular weight excluding hydrogens is 312 g/mol. The van der Waals surface area contributed by atoms with Crippen LogP contribution in [-0.4, -0.2) is 50.6 Å². The summed E-state index contributed by atoms with van der Waals surface area (Å²) in [7, 11) is 1.57. The van der Waals surface area contributed by atoms with Gasteiger partial charge in [0.2, 0.25) is 11.8 Å². The molecule has 0 saturated carbocycles. The molecule has 2 rings (SSSR count). The predicted octanol–water partition coefficient (Wildman–Crippen LogP) is 0.236. The van der Waals surface area contributed by atoms with E-state index in [1.165, 1.54) is 6.92 Å². The topological polar surface area (TPSA) is 99.8 Å². The van der Waals surface area contributed by atoms with Crippen molar-refractivity contribution in [2.75, 3.05) is 31.6 Å². The zero-order valence-corrected chi connectivity index (χ0v) is 13.8. The van der Waals surface area contributed by atoms with E-state index >= 15 is 0 Å². The molecule has 8 nitrogen and oxygen atoms in total. The van der Waals surface area contributed by atoms with Gasteiger partial charge in [0.25, 0.3) is 0 Å². The fourth-order valence-electron chi connectivity index (χ4n) is 2.48. The number of nitrogens with zero attached hydrogens (tertiary/aromatic N) is 1. The van der Waals surface area contributed by atoms with Crippen LogP contribution in [0.1, 0.15) is 13.3 Å². The van der Waals surface area contributed by atoms with E-state index in [1.54, 1.807) is 18.1 Å². The predicted molar refractivity (Wildman–Crippen MR) is 89.0 cm³/mol. The molecule has 0 spiro atoms. The molecular formula is C16H22N4O4. The van der Waals surface area contributed by atoms with Gasteiger partial charge in [-0.3, -0.25) is 9.59 Å². The Morgan fingerprint density at radius 2 is 2.04 bits per heavy atom. The summed E-state index contributed by atoms with van der Waals surface area (Å²) in [5.74, 6) is 0.478. The Bertz CT molecular complexity index is 620. The Morgan fingerprint density at radius 1 is 1.29 bits per heavy atom. The number of nitrogens with one attached hydrogen (secondary N) is 3. The zero-order valence-electron chi connectivity index (χ0n) is 13.8. The van der Waals surface area contributed by atoms with Gasteiger partial charge >= 0.3 is 6.03 Å². The van der Waals surface area contributed by atoms with E-state index in [9.17, 15) is 14.4 Å². The quantitative estimate of drug-likeness (QED) is 0.649. The lowest BCUT2D eigenvalue weighted by Crippen LogP contribution is -2.45. The molecule has 0 unspecified atom stereocenters. The normalized spacial score (nSPS) is 16.7.